The fraction of sp³-hybridized carbons (Fsp3) is 0.529. The zero-order valence-corrected chi connectivity index (χ0v) is 15.2. The highest BCUT2D eigenvalue weighted by molar-refractivity contribution is 7.99. The van der Waals surface area contributed by atoms with E-state index in [-0.39, 0.29) is 6.61 Å². The molecule has 2 heterocycles. The molecule has 7 nitrogen and oxygen atoms in total. The SMILES string of the molecule is CCn1c(SC[C@H](O)COc2ccccc2)nnc1N1CCOCC1. The average Bonchev–Trinajstić information content (AvgIpc) is 3.09. The van der Waals surface area contributed by atoms with E-state index < -0.39 is 6.10 Å². The molecule has 25 heavy (non-hydrogen) atoms. The number of anilines is 1. The van der Waals surface area contributed by atoms with Gasteiger partial charge in [0.05, 0.1) is 19.3 Å². The second-order valence-corrected chi connectivity index (χ2v) is 6.70. The van der Waals surface area contributed by atoms with Crippen LogP contribution in [-0.2, 0) is 11.3 Å². The number of nitrogens with zero attached hydrogens (tertiary/aromatic N) is 4. The number of morpholine rings is 1. The summed E-state index contributed by atoms with van der Waals surface area (Å²) in [4.78, 5) is 2.19. The Morgan fingerprint density at radius 3 is 2.72 bits per heavy atom. The molecule has 0 spiro atoms. The number of hydrogen-bond acceptors (Lipinski definition) is 7. The monoisotopic (exact) mass is 364 g/mol. The summed E-state index contributed by atoms with van der Waals surface area (Å²) in [7, 11) is 0. The minimum Gasteiger partial charge on any atom is -0.491 e. The van der Waals surface area contributed by atoms with Gasteiger partial charge in [-0.3, -0.25) is 4.57 Å². The number of ether oxygens (including phenoxy) is 2. The standard InChI is InChI=1S/C17H24N4O3S/c1-2-21-16(20-8-10-23-11-9-20)18-19-17(21)25-13-14(22)12-24-15-6-4-3-5-7-15/h3-7,14,22H,2,8-13H2,1H3/t14-/m1/s1. The van der Waals surface area contributed by atoms with Gasteiger partial charge in [0, 0.05) is 25.4 Å². The lowest BCUT2D eigenvalue weighted by Gasteiger charge is -2.27. The van der Waals surface area contributed by atoms with Crippen molar-refractivity contribution in [3.05, 3.63) is 30.3 Å². The van der Waals surface area contributed by atoms with E-state index in [0.29, 0.717) is 19.0 Å². The maximum absolute atomic E-state index is 10.2. The number of benzene rings is 1. The Morgan fingerprint density at radius 2 is 2.00 bits per heavy atom. The van der Waals surface area contributed by atoms with E-state index >= 15 is 0 Å². The molecule has 1 aromatic heterocycles. The molecule has 1 aromatic carbocycles. The largest absolute Gasteiger partial charge is 0.491 e. The molecule has 1 saturated heterocycles. The van der Waals surface area contributed by atoms with E-state index in [1.807, 2.05) is 30.3 Å². The molecule has 1 N–H and O–H groups in total. The highest BCUT2D eigenvalue weighted by Gasteiger charge is 2.20. The number of para-hydroxylation sites is 1. The lowest BCUT2D eigenvalue weighted by Crippen LogP contribution is -2.38. The minimum absolute atomic E-state index is 0.258. The molecule has 0 radical (unpaired) electrons. The normalized spacial score (nSPS) is 16.0. The topological polar surface area (TPSA) is 72.6 Å². The van der Waals surface area contributed by atoms with E-state index in [2.05, 4.69) is 26.6 Å². The van der Waals surface area contributed by atoms with Gasteiger partial charge >= 0.3 is 0 Å². The lowest BCUT2D eigenvalue weighted by atomic mass is 10.3. The summed E-state index contributed by atoms with van der Waals surface area (Å²) in [5, 5.41) is 19.6. The Morgan fingerprint density at radius 1 is 1.24 bits per heavy atom. The Labute approximate surface area is 151 Å². The number of hydrogen-bond donors (Lipinski definition) is 1. The van der Waals surface area contributed by atoms with Crippen molar-refractivity contribution < 1.29 is 14.6 Å². The van der Waals surface area contributed by atoms with Crippen LogP contribution in [0.3, 0.4) is 0 Å². The lowest BCUT2D eigenvalue weighted by molar-refractivity contribution is 0.121. The number of rotatable bonds is 8. The van der Waals surface area contributed by atoms with Crippen LogP contribution in [0, 0.1) is 0 Å². The second kappa shape index (κ2) is 9.07. The summed E-state index contributed by atoms with van der Waals surface area (Å²) in [5.41, 5.74) is 0. The maximum Gasteiger partial charge on any atom is 0.228 e. The third-order valence-electron chi connectivity index (χ3n) is 3.90. The molecule has 0 saturated carbocycles. The van der Waals surface area contributed by atoms with Gasteiger partial charge in [-0.1, -0.05) is 30.0 Å². The van der Waals surface area contributed by atoms with E-state index in [9.17, 15) is 5.11 Å². The van der Waals surface area contributed by atoms with Crippen LogP contribution in [0.1, 0.15) is 6.92 Å². The second-order valence-electron chi connectivity index (χ2n) is 5.72. The van der Waals surface area contributed by atoms with Gasteiger partial charge in [-0.25, -0.2) is 0 Å². The fourth-order valence-corrected chi connectivity index (χ4v) is 3.49. The van der Waals surface area contributed by atoms with Crippen LogP contribution in [0.25, 0.3) is 0 Å². The molecule has 136 valence electrons. The minimum atomic E-state index is -0.570. The van der Waals surface area contributed by atoms with Crippen molar-refractivity contribution in [1.82, 2.24) is 14.8 Å². The first-order valence-corrected chi connectivity index (χ1v) is 9.51. The summed E-state index contributed by atoms with van der Waals surface area (Å²) in [6.45, 7) is 6.22. The quantitative estimate of drug-likeness (QED) is 0.714. The van der Waals surface area contributed by atoms with Gasteiger partial charge in [0.1, 0.15) is 12.4 Å². The smallest absolute Gasteiger partial charge is 0.228 e. The van der Waals surface area contributed by atoms with Crippen LogP contribution in [0.5, 0.6) is 5.75 Å². The highest BCUT2D eigenvalue weighted by atomic mass is 32.2. The van der Waals surface area contributed by atoms with Crippen molar-refractivity contribution in [1.29, 1.82) is 0 Å². The number of aliphatic hydroxyl groups excluding tert-OH is 1. The number of thioether (sulfide) groups is 1. The van der Waals surface area contributed by atoms with Crippen LogP contribution in [-0.4, -0.2) is 64.6 Å². The summed E-state index contributed by atoms with van der Waals surface area (Å²) in [6, 6.07) is 9.51. The molecule has 1 fully saturated rings. The zero-order valence-electron chi connectivity index (χ0n) is 14.4. The Bertz CT molecular complexity index is 647. The van der Waals surface area contributed by atoms with Crippen LogP contribution in [0.4, 0.5) is 5.95 Å². The molecule has 0 aliphatic carbocycles. The molecular formula is C17H24N4O3S. The summed E-state index contributed by atoms with van der Waals surface area (Å²) >= 11 is 1.50. The third kappa shape index (κ3) is 4.87. The maximum atomic E-state index is 10.2. The molecule has 8 heteroatoms. The first-order valence-electron chi connectivity index (χ1n) is 8.52. The Kier molecular flexibility index (Phi) is 6.55. The zero-order chi connectivity index (χ0) is 17.5. The first-order chi connectivity index (χ1) is 12.3. The van der Waals surface area contributed by atoms with Gasteiger partial charge in [-0.2, -0.15) is 0 Å². The van der Waals surface area contributed by atoms with Crippen molar-refractivity contribution in [2.75, 3.05) is 43.6 Å². The van der Waals surface area contributed by atoms with Gasteiger partial charge in [0.15, 0.2) is 5.16 Å². The van der Waals surface area contributed by atoms with Crippen LogP contribution >= 0.6 is 11.8 Å². The van der Waals surface area contributed by atoms with Gasteiger partial charge in [-0.15, -0.1) is 10.2 Å². The van der Waals surface area contributed by atoms with Crippen molar-refractivity contribution >= 4 is 17.7 Å². The third-order valence-corrected chi connectivity index (χ3v) is 5.01. The summed E-state index contributed by atoms with van der Waals surface area (Å²) in [5.74, 6) is 2.15. The predicted octanol–water partition coefficient (Wildman–Crippen LogP) is 1.67. The predicted molar refractivity (Wildman–Crippen MR) is 97.4 cm³/mol. The Hall–Kier alpha value is -1.77. The molecule has 3 rings (SSSR count). The molecule has 1 aliphatic rings. The van der Waals surface area contributed by atoms with Crippen LogP contribution in [0.2, 0.25) is 0 Å². The van der Waals surface area contributed by atoms with Crippen molar-refractivity contribution in [3.8, 4) is 5.75 Å². The van der Waals surface area contributed by atoms with Gasteiger partial charge in [0.25, 0.3) is 0 Å². The average molecular weight is 364 g/mol. The van der Waals surface area contributed by atoms with E-state index in [1.54, 1.807) is 0 Å². The Balaban J connectivity index is 1.53. The molecule has 1 atom stereocenters. The van der Waals surface area contributed by atoms with Gasteiger partial charge < -0.3 is 19.5 Å². The van der Waals surface area contributed by atoms with Crippen molar-refractivity contribution in [2.45, 2.75) is 24.7 Å². The summed E-state index contributed by atoms with van der Waals surface area (Å²) < 4.78 is 13.1. The number of aromatic nitrogens is 3. The molecule has 0 unspecified atom stereocenters. The molecule has 2 aromatic rings. The number of aliphatic hydroxyl groups is 1. The van der Waals surface area contributed by atoms with E-state index in [4.69, 9.17) is 9.47 Å². The van der Waals surface area contributed by atoms with Gasteiger partial charge in [0.2, 0.25) is 5.95 Å². The molecular weight excluding hydrogens is 340 g/mol. The molecule has 1 aliphatic heterocycles. The van der Waals surface area contributed by atoms with E-state index in [1.165, 1.54) is 11.8 Å². The molecule has 0 amide bonds. The highest BCUT2D eigenvalue weighted by Crippen LogP contribution is 2.23. The van der Waals surface area contributed by atoms with Crippen LogP contribution < -0.4 is 9.64 Å². The molecule has 0 bridgehead atoms. The summed E-state index contributed by atoms with van der Waals surface area (Å²) in [6.07, 6.45) is -0.570. The first kappa shape index (κ1) is 18.0. The van der Waals surface area contributed by atoms with Gasteiger partial charge in [-0.05, 0) is 19.1 Å². The van der Waals surface area contributed by atoms with Crippen molar-refractivity contribution in [3.63, 3.8) is 0 Å². The van der Waals surface area contributed by atoms with E-state index in [0.717, 1.165) is 36.5 Å². The van der Waals surface area contributed by atoms with Crippen molar-refractivity contribution in [2.24, 2.45) is 0 Å². The fourth-order valence-electron chi connectivity index (χ4n) is 2.59. The van der Waals surface area contributed by atoms with Crippen LogP contribution in [0.15, 0.2) is 35.5 Å².